The lowest BCUT2D eigenvalue weighted by atomic mass is 10.2. The van der Waals surface area contributed by atoms with E-state index in [-0.39, 0.29) is 5.91 Å². The van der Waals surface area contributed by atoms with Crippen LogP contribution in [0.15, 0.2) is 53.0 Å². The van der Waals surface area contributed by atoms with E-state index in [4.69, 9.17) is 0 Å². The predicted molar refractivity (Wildman–Crippen MR) is 87.3 cm³/mol. The number of amides is 1. The maximum absolute atomic E-state index is 12.1. The Morgan fingerprint density at radius 2 is 1.70 bits per heavy atom. The Balaban J connectivity index is 2.03. The van der Waals surface area contributed by atoms with Crippen LogP contribution in [-0.2, 0) is 0 Å². The summed E-state index contributed by atoms with van der Waals surface area (Å²) in [7, 11) is 0. The molecular weight excluding hydrogens is 316 g/mol. The minimum Gasteiger partial charge on any atom is -0.385 e. The second kappa shape index (κ2) is 7.10. The van der Waals surface area contributed by atoms with Crippen molar-refractivity contribution in [3.05, 3.63) is 58.6 Å². The van der Waals surface area contributed by atoms with Crippen molar-refractivity contribution in [2.75, 3.05) is 17.2 Å². The molecule has 0 spiro atoms. The summed E-state index contributed by atoms with van der Waals surface area (Å²) >= 11 is 3.38. The highest BCUT2D eigenvalue weighted by Crippen LogP contribution is 2.19. The Hall–Kier alpha value is -1.81. The Kier molecular flexibility index (Phi) is 5.18. The number of halogens is 1. The Bertz CT molecular complexity index is 581. The predicted octanol–water partition coefficient (Wildman–Crippen LogP) is 4.52. The second-order valence-corrected chi connectivity index (χ2v) is 5.29. The third-order valence-electron chi connectivity index (χ3n) is 2.84. The summed E-state index contributed by atoms with van der Waals surface area (Å²) in [4.78, 5) is 12.1. The Morgan fingerprint density at radius 3 is 2.35 bits per heavy atom. The molecule has 0 aliphatic carbocycles. The lowest BCUT2D eigenvalue weighted by molar-refractivity contribution is 0.102. The fraction of sp³-hybridized carbons (Fsp3) is 0.188. The van der Waals surface area contributed by atoms with Gasteiger partial charge in [-0.25, -0.2) is 0 Å². The molecule has 2 N–H and O–H groups in total. The minimum absolute atomic E-state index is 0.119. The molecule has 2 aromatic rings. The summed E-state index contributed by atoms with van der Waals surface area (Å²) in [6.45, 7) is 3.07. The van der Waals surface area contributed by atoms with Gasteiger partial charge in [0.2, 0.25) is 0 Å². The number of benzene rings is 2. The molecule has 1 amide bonds. The molecule has 0 unspecified atom stereocenters. The zero-order valence-electron chi connectivity index (χ0n) is 11.3. The molecule has 0 radical (unpaired) electrons. The first-order chi connectivity index (χ1) is 9.70. The van der Waals surface area contributed by atoms with E-state index in [0.717, 1.165) is 28.8 Å². The molecule has 2 aromatic carbocycles. The normalized spacial score (nSPS) is 10.1. The van der Waals surface area contributed by atoms with Crippen molar-refractivity contribution in [2.24, 2.45) is 0 Å². The van der Waals surface area contributed by atoms with Gasteiger partial charge >= 0.3 is 0 Å². The van der Waals surface area contributed by atoms with E-state index >= 15 is 0 Å². The lowest BCUT2D eigenvalue weighted by Gasteiger charge is -2.08. The van der Waals surface area contributed by atoms with Crippen LogP contribution in [0, 0.1) is 0 Å². The van der Waals surface area contributed by atoms with Crippen LogP contribution in [0.5, 0.6) is 0 Å². The van der Waals surface area contributed by atoms with Gasteiger partial charge in [0.15, 0.2) is 0 Å². The average Bonchev–Trinajstić information content (AvgIpc) is 2.47. The molecule has 2 rings (SSSR count). The van der Waals surface area contributed by atoms with Gasteiger partial charge < -0.3 is 10.6 Å². The van der Waals surface area contributed by atoms with Crippen LogP contribution in [0.2, 0.25) is 0 Å². The number of hydrogen-bond acceptors (Lipinski definition) is 2. The highest BCUT2D eigenvalue weighted by molar-refractivity contribution is 9.10. The van der Waals surface area contributed by atoms with E-state index in [9.17, 15) is 4.79 Å². The van der Waals surface area contributed by atoms with Crippen LogP contribution in [-0.4, -0.2) is 12.5 Å². The molecule has 0 aliphatic rings. The van der Waals surface area contributed by atoms with E-state index in [0.29, 0.717) is 5.56 Å². The van der Waals surface area contributed by atoms with E-state index < -0.39 is 0 Å². The Labute approximate surface area is 127 Å². The first-order valence-corrected chi connectivity index (χ1v) is 7.40. The van der Waals surface area contributed by atoms with Crippen LogP contribution in [0.25, 0.3) is 0 Å². The maximum Gasteiger partial charge on any atom is 0.256 e. The standard InChI is InChI=1S/C16H17BrN2O/c1-2-11-18-12-7-9-13(10-8-12)19-16(20)14-5-3-4-6-15(14)17/h3-10,18H,2,11H2,1H3,(H,19,20). The molecule has 0 aliphatic heterocycles. The molecule has 0 bridgehead atoms. The zero-order valence-corrected chi connectivity index (χ0v) is 12.9. The fourth-order valence-electron chi connectivity index (χ4n) is 1.78. The van der Waals surface area contributed by atoms with Gasteiger partial charge in [0, 0.05) is 22.4 Å². The summed E-state index contributed by atoms with van der Waals surface area (Å²) in [6, 6.07) is 15.1. The Morgan fingerprint density at radius 1 is 1.05 bits per heavy atom. The molecule has 3 nitrogen and oxygen atoms in total. The molecule has 0 fully saturated rings. The minimum atomic E-state index is -0.119. The van der Waals surface area contributed by atoms with Gasteiger partial charge in [-0.1, -0.05) is 19.1 Å². The molecule has 0 heterocycles. The topological polar surface area (TPSA) is 41.1 Å². The third-order valence-corrected chi connectivity index (χ3v) is 3.53. The van der Waals surface area contributed by atoms with Crippen molar-refractivity contribution in [2.45, 2.75) is 13.3 Å². The lowest BCUT2D eigenvalue weighted by Crippen LogP contribution is -2.12. The van der Waals surface area contributed by atoms with Gasteiger partial charge in [-0.2, -0.15) is 0 Å². The number of nitrogens with one attached hydrogen (secondary N) is 2. The van der Waals surface area contributed by atoms with Gasteiger partial charge in [0.25, 0.3) is 5.91 Å². The number of carbonyl (C=O) groups excluding carboxylic acids is 1. The van der Waals surface area contributed by atoms with Crippen LogP contribution in [0.3, 0.4) is 0 Å². The molecule has 0 atom stereocenters. The first kappa shape index (κ1) is 14.6. The van der Waals surface area contributed by atoms with Gasteiger partial charge in [0.05, 0.1) is 5.56 Å². The van der Waals surface area contributed by atoms with Crippen LogP contribution in [0.4, 0.5) is 11.4 Å². The van der Waals surface area contributed by atoms with Gasteiger partial charge in [0.1, 0.15) is 0 Å². The summed E-state index contributed by atoms with van der Waals surface area (Å²) < 4.78 is 0.790. The van der Waals surface area contributed by atoms with Crippen molar-refractivity contribution in [3.63, 3.8) is 0 Å². The van der Waals surface area contributed by atoms with Crippen LogP contribution in [0.1, 0.15) is 23.7 Å². The number of rotatable bonds is 5. The summed E-state index contributed by atoms with van der Waals surface area (Å²) in [5, 5.41) is 6.18. The van der Waals surface area contributed by atoms with Crippen molar-refractivity contribution in [1.29, 1.82) is 0 Å². The molecule has 4 heteroatoms. The van der Waals surface area contributed by atoms with E-state index in [2.05, 4.69) is 33.5 Å². The van der Waals surface area contributed by atoms with Gasteiger partial charge in [-0.15, -0.1) is 0 Å². The molecule has 104 valence electrons. The van der Waals surface area contributed by atoms with Gasteiger partial charge in [-0.05, 0) is 58.7 Å². The zero-order chi connectivity index (χ0) is 14.4. The molecular formula is C16H17BrN2O. The SMILES string of the molecule is CCCNc1ccc(NC(=O)c2ccccc2Br)cc1. The quantitative estimate of drug-likeness (QED) is 0.844. The molecule has 0 saturated heterocycles. The van der Waals surface area contributed by atoms with Crippen molar-refractivity contribution in [1.82, 2.24) is 0 Å². The van der Waals surface area contributed by atoms with Crippen molar-refractivity contribution >= 4 is 33.2 Å². The summed E-state index contributed by atoms with van der Waals surface area (Å²) in [5.41, 5.74) is 2.47. The van der Waals surface area contributed by atoms with E-state index in [1.807, 2.05) is 42.5 Å². The van der Waals surface area contributed by atoms with E-state index in [1.165, 1.54) is 0 Å². The molecule has 0 aromatic heterocycles. The van der Waals surface area contributed by atoms with Crippen LogP contribution < -0.4 is 10.6 Å². The highest BCUT2D eigenvalue weighted by Gasteiger charge is 2.09. The second-order valence-electron chi connectivity index (χ2n) is 4.44. The molecule has 0 saturated carbocycles. The summed E-state index contributed by atoms with van der Waals surface area (Å²) in [5.74, 6) is -0.119. The largest absolute Gasteiger partial charge is 0.385 e. The average molecular weight is 333 g/mol. The van der Waals surface area contributed by atoms with Crippen molar-refractivity contribution in [3.8, 4) is 0 Å². The number of anilines is 2. The number of carbonyl (C=O) groups is 1. The van der Waals surface area contributed by atoms with E-state index in [1.54, 1.807) is 6.07 Å². The smallest absolute Gasteiger partial charge is 0.256 e. The van der Waals surface area contributed by atoms with Crippen LogP contribution >= 0.6 is 15.9 Å². The third kappa shape index (κ3) is 3.84. The first-order valence-electron chi connectivity index (χ1n) is 6.60. The summed E-state index contributed by atoms with van der Waals surface area (Å²) in [6.07, 6.45) is 1.08. The highest BCUT2D eigenvalue weighted by atomic mass is 79.9. The molecule has 20 heavy (non-hydrogen) atoms. The fourth-order valence-corrected chi connectivity index (χ4v) is 2.25. The maximum atomic E-state index is 12.1. The number of hydrogen-bond donors (Lipinski definition) is 2. The monoisotopic (exact) mass is 332 g/mol. The van der Waals surface area contributed by atoms with Crippen molar-refractivity contribution < 1.29 is 4.79 Å². The van der Waals surface area contributed by atoms with Gasteiger partial charge in [-0.3, -0.25) is 4.79 Å².